The van der Waals surface area contributed by atoms with Gasteiger partial charge in [-0.1, -0.05) is 36.9 Å². The van der Waals surface area contributed by atoms with Crippen LogP contribution in [0.3, 0.4) is 0 Å². The Kier molecular flexibility index (Phi) is 1.74. The van der Waals surface area contributed by atoms with Gasteiger partial charge in [0.2, 0.25) is 0 Å². The summed E-state index contributed by atoms with van der Waals surface area (Å²) in [5.41, 5.74) is 1.44. The molecule has 1 heteroatoms. The van der Waals surface area contributed by atoms with Gasteiger partial charge in [0.15, 0.2) is 0 Å². The molecule has 11 heavy (non-hydrogen) atoms. The fourth-order valence-corrected chi connectivity index (χ4v) is 2.20. The maximum Gasteiger partial charge on any atom is 0.0386 e. The topological polar surface area (TPSA) is 0 Å². The highest BCUT2D eigenvalue weighted by molar-refractivity contribution is 8.04. The zero-order valence-electron chi connectivity index (χ0n) is 6.29. The average molecular weight is 162 g/mol. The zero-order valence-corrected chi connectivity index (χ0v) is 7.10. The first-order valence-corrected chi connectivity index (χ1v) is 4.63. The van der Waals surface area contributed by atoms with Crippen LogP contribution in [0.25, 0.3) is 0 Å². The number of hydrogen-bond donors (Lipinski definition) is 0. The van der Waals surface area contributed by atoms with E-state index in [0.717, 1.165) is 6.42 Å². The van der Waals surface area contributed by atoms with Crippen molar-refractivity contribution in [2.75, 3.05) is 0 Å². The highest BCUT2D eigenvalue weighted by Gasteiger charge is 2.23. The molecule has 1 aliphatic rings. The van der Waals surface area contributed by atoms with Gasteiger partial charge in [-0.15, -0.1) is 11.8 Å². The lowest BCUT2D eigenvalue weighted by molar-refractivity contribution is 0.917. The Morgan fingerprint density at radius 2 is 1.91 bits per heavy atom. The molecule has 1 fully saturated rings. The second kappa shape index (κ2) is 2.74. The summed E-state index contributed by atoms with van der Waals surface area (Å²) < 4.78 is 0. The minimum Gasteiger partial charge on any atom is -0.123 e. The van der Waals surface area contributed by atoms with Crippen molar-refractivity contribution in [1.82, 2.24) is 0 Å². The first-order valence-electron chi connectivity index (χ1n) is 3.75. The Morgan fingerprint density at radius 3 is 2.45 bits per heavy atom. The summed E-state index contributed by atoms with van der Waals surface area (Å²) in [6.45, 7) is 3.90. The van der Waals surface area contributed by atoms with Crippen molar-refractivity contribution >= 4 is 11.8 Å². The maximum absolute atomic E-state index is 3.90. The molecule has 0 amide bonds. The quantitative estimate of drug-likeness (QED) is 0.610. The van der Waals surface area contributed by atoms with Gasteiger partial charge in [-0.2, -0.15) is 0 Å². The fourth-order valence-electron chi connectivity index (χ4n) is 1.25. The second-order valence-electron chi connectivity index (χ2n) is 2.76. The summed E-state index contributed by atoms with van der Waals surface area (Å²) in [7, 11) is 0. The van der Waals surface area contributed by atoms with Crippen molar-refractivity contribution < 1.29 is 0 Å². The number of rotatable bonds is 1. The highest BCUT2D eigenvalue weighted by Crippen LogP contribution is 2.50. The predicted octanol–water partition coefficient (Wildman–Crippen LogP) is 3.38. The van der Waals surface area contributed by atoms with Gasteiger partial charge >= 0.3 is 0 Å². The van der Waals surface area contributed by atoms with E-state index in [1.165, 1.54) is 10.5 Å². The predicted molar refractivity (Wildman–Crippen MR) is 50.5 cm³/mol. The number of allylic oxidation sites excluding steroid dienone is 1. The molecule has 56 valence electrons. The van der Waals surface area contributed by atoms with E-state index in [0.29, 0.717) is 5.25 Å². The summed E-state index contributed by atoms with van der Waals surface area (Å²) in [5, 5.41) is 0.684. The Labute approximate surface area is 71.3 Å². The third-order valence-corrected chi connectivity index (χ3v) is 3.12. The molecule has 0 spiro atoms. The summed E-state index contributed by atoms with van der Waals surface area (Å²) in [5.74, 6) is 0. The van der Waals surface area contributed by atoms with Crippen LogP contribution in [0.2, 0.25) is 0 Å². The van der Waals surface area contributed by atoms with E-state index in [-0.39, 0.29) is 0 Å². The van der Waals surface area contributed by atoms with E-state index in [2.05, 4.69) is 36.9 Å². The summed E-state index contributed by atoms with van der Waals surface area (Å²) in [4.78, 5) is 1.32. The lowest BCUT2D eigenvalue weighted by Crippen LogP contribution is -2.03. The Morgan fingerprint density at radius 1 is 1.27 bits per heavy atom. The Hall–Kier alpha value is -0.690. The number of thioether (sulfide) groups is 1. The third-order valence-electron chi connectivity index (χ3n) is 1.89. The first kappa shape index (κ1) is 6.99. The van der Waals surface area contributed by atoms with E-state index >= 15 is 0 Å². The molecule has 0 bridgehead atoms. The minimum absolute atomic E-state index is 0.684. The average Bonchev–Trinajstić information content (AvgIpc) is 2.01. The van der Waals surface area contributed by atoms with Crippen LogP contribution < -0.4 is 0 Å². The maximum atomic E-state index is 3.90. The molecule has 0 saturated carbocycles. The SMILES string of the molecule is C=C1CC(c2ccccc2)S1. The molecule has 0 N–H and O–H groups in total. The van der Waals surface area contributed by atoms with Crippen LogP contribution >= 0.6 is 11.8 Å². The van der Waals surface area contributed by atoms with Gasteiger partial charge in [0.05, 0.1) is 0 Å². The molecule has 1 aromatic carbocycles. The molecular weight excluding hydrogens is 152 g/mol. The van der Waals surface area contributed by atoms with Crippen LogP contribution in [0.5, 0.6) is 0 Å². The van der Waals surface area contributed by atoms with Crippen molar-refractivity contribution in [3.63, 3.8) is 0 Å². The molecule has 1 aromatic rings. The van der Waals surface area contributed by atoms with Crippen LogP contribution in [0, 0.1) is 0 Å². The molecule has 0 aliphatic carbocycles. The standard InChI is InChI=1S/C10H10S/c1-8-7-10(11-8)9-5-3-2-4-6-9/h2-6,10H,1,7H2. The molecule has 0 nitrogen and oxygen atoms in total. The summed E-state index contributed by atoms with van der Waals surface area (Å²) >= 11 is 1.89. The van der Waals surface area contributed by atoms with Crippen LogP contribution in [-0.4, -0.2) is 0 Å². The molecule has 0 aromatic heterocycles. The fraction of sp³-hybridized carbons (Fsp3) is 0.200. The van der Waals surface area contributed by atoms with E-state index in [1.54, 1.807) is 0 Å². The first-order chi connectivity index (χ1) is 5.36. The molecule has 0 radical (unpaired) electrons. The van der Waals surface area contributed by atoms with Crippen LogP contribution in [0.4, 0.5) is 0 Å². The van der Waals surface area contributed by atoms with Gasteiger partial charge in [0.1, 0.15) is 0 Å². The molecular formula is C10H10S. The normalized spacial score (nSPS) is 22.9. The summed E-state index contributed by atoms with van der Waals surface area (Å²) in [6.07, 6.45) is 1.16. The molecule has 1 atom stereocenters. The van der Waals surface area contributed by atoms with Crippen LogP contribution in [0.15, 0.2) is 41.8 Å². The van der Waals surface area contributed by atoms with Crippen molar-refractivity contribution in [3.05, 3.63) is 47.4 Å². The smallest absolute Gasteiger partial charge is 0.0386 e. The Bertz CT molecular complexity index is 255. The zero-order chi connectivity index (χ0) is 7.68. The molecule has 1 aliphatic heterocycles. The van der Waals surface area contributed by atoms with Gasteiger partial charge in [-0.05, 0) is 16.9 Å². The third kappa shape index (κ3) is 1.33. The summed E-state index contributed by atoms with van der Waals surface area (Å²) in [6, 6.07) is 10.6. The molecule has 1 unspecified atom stereocenters. The second-order valence-corrected chi connectivity index (χ2v) is 4.14. The van der Waals surface area contributed by atoms with Crippen molar-refractivity contribution in [3.8, 4) is 0 Å². The highest BCUT2D eigenvalue weighted by atomic mass is 32.2. The molecule has 1 saturated heterocycles. The van der Waals surface area contributed by atoms with Gasteiger partial charge in [-0.3, -0.25) is 0 Å². The number of hydrogen-bond acceptors (Lipinski definition) is 1. The van der Waals surface area contributed by atoms with Crippen LogP contribution in [-0.2, 0) is 0 Å². The van der Waals surface area contributed by atoms with Gasteiger partial charge in [0.25, 0.3) is 0 Å². The van der Waals surface area contributed by atoms with E-state index < -0.39 is 0 Å². The molecule has 1 heterocycles. The lowest BCUT2D eigenvalue weighted by atomic mass is 10.1. The largest absolute Gasteiger partial charge is 0.123 e. The van der Waals surface area contributed by atoms with E-state index in [4.69, 9.17) is 0 Å². The Balaban J connectivity index is 2.13. The van der Waals surface area contributed by atoms with Crippen molar-refractivity contribution in [2.24, 2.45) is 0 Å². The van der Waals surface area contributed by atoms with Gasteiger partial charge < -0.3 is 0 Å². The van der Waals surface area contributed by atoms with Crippen molar-refractivity contribution in [2.45, 2.75) is 11.7 Å². The monoisotopic (exact) mass is 162 g/mol. The lowest BCUT2D eigenvalue weighted by Gasteiger charge is -2.27. The minimum atomic E-state index is 0.684. The van der Waals surface area contributed by atoms with Gasteiger partial charge in [-0.25, -0.2) is 0 Å². The van der Waals surface area contributed by atoms with Crippen molar-refractivity contribution in [1.29, 1.82) is 0 Å². The van der Waals surface area contributed by atoms with E-state index in [1.807, 2.05) is 11.8 Å². The van der Waals surface area contributed by atoms with Gasteiger partial charge in [0, 0.05) is 5.25 Å². The van der Waals surface area contributed by atoms with E-state index in [9.17, 15) is 0 Å². The number of benzene rings is 1. The molecule has 2 rings (SSSR count). The van der Waals surface area contributed by atoms with Crippen LogP contribution in [0.1, 0.15) is 17.2 Å².